The molecule has 1 amide bonds. The lowest BCUT2D eigenvalue weighted by molar-refractivity contribution is -0.389. The summed E-state index contributed by atoms with van der Waals surface area (Å²) in [6.45, 7) is 3.58. The van der Waals surface area contributed by atoms with E-state index in [4.69, 9.17) is 23.2 Å². The first-order chi connectivity index (χ1) is 10.8. The molecule has 0 radical (unpaired) electrons. The normalized spacial score (nSPS) is 12.0. The van der Waals surface area contributed by atoms with Gasteiger partial charge in [0.05, 0.1) is 45.1 Å². The van der Waals surface area contributed by atoms with Gasteiger partial charge in [-0.25, -0.2) is 0 Å². The minimum absolute atomic E-state index is 0.202. The van der Waals surface area contributed by atoms with Gasteiger partial charge in [-0.3, -0.25) is 4.79 Å². The van der Waals surface area contributed by atoms with Gasteiger partial charge in [-0.2, -0.15) is 4.68 Å². The Morgan fingerprint density at radius 1 is 1.43 bits per heavy atom. The van der Waals surface area contributed by atoms with Gasteiger partial charge in [0.1, 0.15) is 0 Å². The predicted molar refractivity (Wildman–Crippen MR) is 87.9 cm³/mol. The van der Waals surface area contributed by atoms with Crippen LogP contribution in [0, 0.1) is 23.0 Å². The SMILES string of the molecule is Cc1cc([N+](=O)[O-])nn1CC(C)C(=O)Nc1c(Cl)cccc1Cl. The zero-order chi connectivity index (χ0) is 17.1. The molecular formula is C14H14Cl2N4O3. The zero-order valence-electron chi connectivity index (χ0n) is 12.4. The highest BCUT2D eigenvalue weighted by molar-refractivity contribution is 6.39. The lowest BCUT2D eigenvalue weighted by Gasteiger charge is -2.13. The molecule has 2 aromatic rings. The van der Waals surface area contributed by atoms with Crippen molar-refractivity contribution in [2.45, 2.75) is 20.4 Å². The molecule has 1 atom stereocenters. The molecule has 0 aliphatic carbocycles. The van der Waals surface area contributed by atoms with E-state index >= 15 is 0 Å². The van der Waals surface area contributed by atoms with Crippen molar-refractivity contribution >= 4 is 40.6 Å². The third kappa shape index (κ3) is 4.00. The number of anilines is 1. The van der Waals surface area contributed by atoms with E-state index in [1.54, 1.807) is 32.0 Å². The summed E-state index contributed by atoms with van der Waals surface area (Å²) in [4.78, 5) is 22.4. The summed E-state index contributed by atoms with van der Waals surface area (Å²) in [5.74, 6) is -1.04. The van der Waals surface area contributed by atoms with Gasteiger partial charge in [0.2, 0.25) is 5.91 Å². The van der Waals surface area contributed by atoms with Gasteiger partial charge in [0.25, 0.3) is 0 Å². The number of aryl methyl sites for hydroxylation is 1. The summed E-state index contributed by atoms with van der Waals surface area (Å²) in [5.41, 5.74) is 0.947. The van der Waals surface area contributed by atoms with E-state index in [2.05, 4.69) is 10.4 Å². The van der Waals surface area contributed by atoms with Crippen LogP contribution in [-0.4, -0.2) is 20.6 Å². The molecule has 2 rings (SSSR count). The lowest BCUT2D eigenvalue weighted by Crippen LogP contribution is -2.25. The van der Waals surface area contributed by atoms with Crippen LogP contribution in [0.5, 0.6) is 0 Å². The number of rotatable bonds is 5. The van der Waals surface area contributed by atoms with Gasteiger partial charge in [-0.05, 0) is 24.0 Å². The summed E-state index contributed by atoms with van der Waals surface area (Å²) in [6.07, 6.45) is 0. The fraction of sp³-hybridized carbons (Fsp3) is 0.286. The van der Waals surface area contributed by atoms with Crippen LogP contribution in [0.1, 0.15) is 12.6 Å². The lowest BCUT2D eigenvalue weighted by atomic mass is 10.1. The number of benzene rings is 1. The molecule has 0 aliphatic heterocycles. The summed E-state index contributed by atoms with van der Waals surface area (Å²) < 4.78 is 1.43. The topological polar surface area (TPSA) is 90.1 Å². The number of hydrogen-bond acceptors (Lipinski definition) is 4. The predicted octanol–water partition coefficient (Wildman–Crippen LogP) is 3.68. The number of para-hydroxylation sites is 1. The molecule has 0 saturated carbocycles. The molecule has 1 aromatic carbocycles. The van der Waals surface area contributed by atoms with Gasteiger partial charge < -0.3 is 15.4 Å². The van der Waals surface area contributed by atoms with E-state index < -0.39 is 10.8 Å². The maximum Gasteiger partial charge on any atom is 0.390 e. The maximum atomic E-state index is 12.3. The van der Waals surface area contributed by atoms with E-state index in [0.29, 0.717) is 21.4 Å². The third-order valence-electron chi connectivity index (χ3n) is 3.26. The average molecular weight is 357 g/mol. The van der Waals surface area contributed by atoms with Crippen molar-refractivity contribution in [2.24, 2.45) is 5.92 Å². The largest absolute Gasteiger partial charge is 0.390 e. The van der Waals surface area contributed by atoms with Crippen LogP contribution in [0.15, 0.2) is 24.3 Å². The Balaban J connectivity index is 2.10. The molecule has 7 nitrogen and oxygen atoms in total. The van der Waals surface area contributed by atoms with Crippen molar-refractivity contribution in [3.05, 3.63) is 50.1 Å². The molecule has 0 bridgehead atoms. The number of halogens is 2. The van der Waals surface area contributed by atoms with E-state index in [0.717, 1.165) is 0 Å². The molecule has 9 heteroatoms. The molecule has 23 heavy (non-hydrogen) atoms. The molecule has 0 saturated heterocycles. The number of hydrogen-bond donors (Lipinski definition) is 1. The minimum atomic E-state index is -0.572. The maximum absolute atomic E-state index is 12.3. The highest BCUT2D eigenvalue weighted by Gasteiger charge is 2.21. The Hall–Kier alpha value is -2.12. The monoisotopic (exact) mass is 356 g/mol. The van der Waals surface area contributed by atoms with Crippen LogP contribution < -0.4 is 5.32 Å². The van der Waals surface area contributed by atoms with Gasteiger partial charge in [-0.1, -0.05) is 36.2 Å². The van der Waals surface area contributed by atoms with Crippen LogP contribution in [0.2, 0.25) is 10.0 Å². The van der Waals surface area contributed by atoms with Crippen LogP contribution in [-0.2, 0) is 11.3 Å². The average Bonchev–Trinajstić information content (AvgIpc) is 2.84. The second-order valence-corrected chi connectivity index (χ2v) is 5.88. The van der Waals surface area contributed by atoms with Crippen LogP contribution in [0.4, 0.5) is 11.5 Å². The Morgan fingerprint density at radius 2 is 2.04 bits per heavy atom. The van der Waals surface area contributed by atoms with E-state index in [-0.39, 0.29) is 18.3 Å². The highest BCUT2D eigenvalue weighted by atomic mass is 35.5. The highest BCUT2D eigenvalue weighted by Crippen LogP contribution is 2.30. The Kier molecular flexibility index (Phi) is 5.23. The van der Waals surface area contributed by atoms with Gasteiger partial charge in [0.15, 0.2) is 0 Å². The van der Waals surface area contributed by atoms with E-state index in [1.807, 2.05) is 0 Å². The minimum Gasteiger partial charge on any atom is -0.358 e. The Bertz CT molecular complexity index is 740. The molecule has 0 aliphatic rings. The molecule has 1 unspecified atom stereocenters. The van der Waals surface area contributed by atoms with Crippen molar-refractivity contribution in [3.8, 4) is 0 Å². The second kappa shape index (κ2) is 6.97. The summed E-state index contributed by atoms with van der Waals surface area (Å²) in [6, 6.07) is 6.27. The fourth-order valence-electron chi connectivity index (χ4n) is 1.97. The molecule has 1 heterocycles. The summed E-state index contributed by atoms with van der Waals surface area (Å²) in [7, 11) is 0. The molecule has 1 N–H and O–H groups in total. The molecule has 0 fully saturated rings. The van der Waals surface area contributed by atoms with Crippen molar-refractivity contribution in [1.29, 1.82) is 0 Å². The number of aromatic nitrogens is 2. The molecule has 0 spiro atoms. The number of nitro groups is 1. The standard InChI is InChI=1S/C14H14Cl2N4O3/c1-8(7-19-9(2)6-12(18-19)20(22)23)14(21)17-13-10(15)4-3-5-11(13)16/h3-6,8H,7H2,1-2H3,(H,17,21). The third-order valence-corrected chi connectivity index (χ3v) is 3.89. The number of amides is 1. The van der Waals surface area contributed by atoms with Crippen LogP contribution in [0.25, 0.3) is 0 Å². The number of carbonyl (C=O) groups excluding carboxylic acids is 1. The number of carbonyl (C=O) groups is 1. The van der Waals surface area contributed by atoms with E-state index in [1.165, 1.54) is 10.7 Å². The van der Waals surface area contributed by atoms with Crippen LogP contribution in [0.3, 0.4) is 0 Å². The fourth-order valence-corrected chi connectivity index (χ4v) is 2.46. The van der Waals surface area contributed by atoms with Crippen molar-refractivity contribution in [3.63, 3.8) is 0 Å². The van der Waals surface area contributed by atoms with Crippen molar-refractivity contribution in [2.75, 3.05) is 5.32 Å². The van der Waals surface area contributed by atoms with Crippen molar-refractivity contribution in [1.82, 2.24) is 9.78 Å². The number of nitrogens with zero attached hydrogens (tertiary/aromatic N) is 3. The summed E-state index contributed by atoms with van der Waals surface area (Å²) in [5, 5.41) is 17.9. The van der Waals surface area contributed by atoms with Crippen LogP contribution >= 0.6 is 23.2 Å². The zero-order valence-corrected chi connectivity index (χ0v) is 13.9. The Labute approximate surface area is 142 Å². The smallest absolute Gasteiger partial charge is 0.358 e. The first-order valence-electron chi connectivity index (χ1n) is 6.73. The number of nitrogens with one attached hydrogen (secondary N) is 1. The van der Waals surface area contributed by atoms with Gasteiger partial charge >= 0.3 is 5.82 Å². The molecule has 122 valence electrons. The molecular weight excluding hydrogens is 343 g/mol. The quantitative estimate of drug-likeness (QED) is 0.653. The van der Waals surface area contributed by atoms with Crippen molar-refractivity contribution < 1.29 is 9.72 Å². The molecule has 1 aromatic heterocycles. The first kappa shape index (κ1) is 17.2. The Morgan fingerprint density at radius 3 is 2.57 bits per heavy atom. The first-order valence-corrected chi connectivity index (χ1v) is 7.49. The second-order valence-electron chi connectivity index (χ2n) is 5.07. The van der Waals surface area contributed by atoms with Gasteiger partial charge in [-0.15, -0.1) is 0 Å². The van der Waals surface area contributed by atoms with Gasteiger partial charge in [0, 0.05) is 0 Å². The summed E-state index contributed by atoms with van der Waals surface area (Å²) >= 11 is 12.0. The van der Waals surface area contributed by atoms with E-state index in [9.17, 15) is 14.9 Å².